The van der Waals surface area contributed by atoms with Crippen LogP contribution in [0.25, 0.3) is 0 Å². The van der Waals surface area contributed by atoms with E-state index in [9.17, 15) is 9.59 Å². The summed E-state index contributed by atoms with van der Waals surface area (Å²) in [6.45, 7) is 0.316. The lowest BCUT2D eigenvalue weighted by Crippen LogP contribution is -2.57. The van der Waals surface area contributed by atoms with Crippen molar-refractivity contribution in [3.05, 3.63) is 54.1 Å². The van der Waals surface area contributed by atoms with E-state index in [0.717, 1.165) is 5.56 Å². The predicted octanol–water partition coefficient (Wildman–Crippen LogP) is 0.519. The van der Waals surface area contributed by atoms with E-state index in [4.69, 9.17) is 12.6 Å². The summed E-state index contributed by atoms with van der Waals surface area (Å²) in [4.78, 5) is 25.4. The smallest absolute Gasteiger partial charge is 0.230 e. The van der Waals surface area contributed by atoms with Crippen molar-refractivity contribution < 1.29 is 14.3 Å². The number of rotatable bonds is 2. The molecule has 1 saturated heterocycles. The third-order valence-electron chi connectivity index (χ3n) is 4.15. The van der Waals surface area contributed by atoms with Crippen molar-refractivity contribution in [3.8, 4) is 0 Å². The number of carbonyl (C=O) groups is 2. The second kappa shape index (κ2) is 5.57. The van der Waals surface area contributed by atoms with Crippen LogP contribution in [0.5, 0.6) is 0 Å². The van der Waals surface area contributed by atoms with E-state index in [1.807, 2.05) is 24.3 Å². The molecular weight excluding hydrogens is 277 g/mol. The van der Waals surface area contributed by atoms with Crippen LogP contribution in [0, 0.1) is 5.92 Å². The first-order valence-electron chi connectivity index (χ1n) is 7.19. The van der Waals surface area contributed by atoms with Crippen molar-refractivity contribution in [2.24, 2.45) is 5.92 Å². The average molecular weight is 293 g/mol. The van der Waals surface area contributed by atoms with Crippen LogP contribution in [0.2, 0.25) is 0 Å². The molecule has 0 N–H and O–H groups in total. The van der Waals surface area contributed by atoms with Crippen LogP contribution in [0.4, 0.5) is 0 Å². The maximum absolute atomic E-state index is 12.6. The Balaban J connectivity index is 1.75. The summed E-state index contributed by atoms with van der Waals surface area (Å²) in [6, 6.07) is 7.50. The van der Waals surface area contributed by atoms with Gasteiger partial charge in [0, 0.05) is 7.05 Å². The van der Waals surface area contributed by atoms with Crippen LogP contribution in [0.15, 0.2) is 48.6 Å². The molecule has 0 bridgehead atoms. The molecule has 3 rings (SSSR count). The first-order valence-corrected chi connectivity index (χ1v) is 7.19. The third-order valence-corrected chi connectivity index (χ3v) is 4.15. The minimum atomic E-state index is -0.928. The van der Waals surface area contributed by atoms with Crippen molar-refractivity contribution in [3.63, 3.8) is 0 Å². The van der Waals surface area contributed by atoms with Crippen LogP contribution < -0.4 is 5.46 Å². The van der Waals surface area contributed by atoms with E-state index in [0.29, 0.717) is 18.5 Å². The van der Waals surface area contributed by atoms with Gasteiger partial charge in [0.25, 0.3) is 0 Å². The van der Waals surface area contributed by atoms with Gasteiger partial charge in [-0.15, -0.1) is 0 Å². The van der Waals surface area contributed by atoms with Crippen molar-refractivity contribution >= 4 is 25.0 Å². The number of hydrogen-bond donors (Lipinski definition) is 0. The Hall–Kier alpha value is -2.14. The van der Waals surface area contributed by atoms with Gasteiger partial charge in [-0.05, 0) is 36.3 Å². The summed E-state index contributed by atoms with van der Waals surface area (Å²) < 4.78 is 5.90. The Morgan fingerprint density at radius 3 is 2.50 bits per heavy atom. The largest absolute Gasteiger partial charge is 0.347 e. The maximum Gasteiger partial charge on any atom is 0.230 e. The number of ketones is 1. The van der Waals surface area contributed by atoms with Crippen LogP contribution in [0.1, 0.15) is 5.56 Å². The van der Waals surface area contributed by atoms with Crippen LogP contribution in [0.3, 0.4) is 0 Å². The molecule has 0 saturated carbocycles. The fourth-order valence-corrected chi connectivity index (χ4v) is 2.77. The molecule has 1 aliphatic heterocycles. The van der Waals surface area contributed by atoms with Gasteiger partial charge in [-0.1, -0.05) is 29.7 Å². The number of likely N-dealkylation sites (N-methyl/N-ethyl adjacent to an activating group) is 1. The molecule has 5 heteroatoms. The number of benzene rings is 1. The van der Waals surface area contributed by atoms with E-state index in [-0.39, 0.29) is 17.6 Å². The highest BCUT2D eigenvalue weighted by molar-refractivity contribution is 6.32. The van der Waals surface area contributed by atoms with Gasteiger partial charge in [-0.2, -0.15) is 0 Å². The molecule has 1 aromatic rings. The molecule has 0 aromatic heterocycles. The highest BCUT2D eigenvalue weighted by Crippen LogP contribution is 2.30. The first-order chi connectivity index (χ1) is 10.5. The number of amides is 1. The van der Waals surface area contributed by atoms with Crippen LogP contribution >= 0.6 is 0 Å². The molecule has 22 heavy (non-hydrogen) atoms. The second-order valence-corrected chi connectivity index (χ2v) is 5.67. The normalized spacial score (nSPS) is 23.3. The Labute approximate surface area is 130 Å². The molecule has 1 heterocycles. The van der Waals surface area contributed by atoms with Crippen molar-refractivity contribution in [1.82, 2.24) is 4.90 Å². The molecule has 1 fully saturated rings. The SMILES string of the molecule is [B]c1ccc(CC2COC3(C=CC(=O)C=C3)N(C)C2=O)cc1. The second-order valence-electron chi connectivity index (χ2n) is 5.67. The molecule has 2 aliphatic rings. The molecule has 1 atom stereocenters. The van der Waals surface area contributed by atoms with Gasteiger partial charge < -0.3 is 9.64 Å². The lowest BCUT2D eigenvalue weighted by Gasteiger charge is -2.44. The van der Waals surface area contributed by atoms with Crippen molar-refractivity contribution in [2.75, 3.05) is 13.7 Å². The molecule has 4 nitrogen and oxygen atoms in total. The minimum Gasteiger partial charge on any atom is -0.347 e. The average Bonchev–Trinajstić information content (AvgIpc) is 2.53. The van der Waals surface area contributed by atoms with E-state index in [1.165, 1.54) is 12.2 Å². The maximum atomic E-state index is 12.6. The zero-order chi connectivity index (χ0) is 15.7. The fraction of sp³-hybridized carbons (Fsp3) is 0.294. The number of allylic oxidation sites excluding steroid dienone is 2. The molecular formula is C17H16BNO3. The summed E-state index contributed by atoms with van der Waals surface area (Å²) in [6.07, 6.45) is 6.74. The van der Waals surface area contributed by atoms with Crippen LogP contribution in [-0.4, -0.2) is 43.8 Å². The zero-order valence-corrected chi connectivity index (χ0v) is 12.4. The molecule has 1 aromatic carbocycles. The lowest BCUT2D eigenvalue weighted by molar-refractivity contribution is -0.175. The molecule has 2 radical (unpaired) electrons. The van der Waals surface area contributed by atoms with E-state index >= 15 is 0 Å². The molecule has 1 spiro atoms. The topological polar surface area (TPSA) is 46.6 Å². The molecule has 1 aliphatic carbocycles. The van der Waals surface area contributed by atoms with Gasteiger partial charge in [0.1, 0.15) is 7.85 Å². The van der Waals surface area contributed by atoms with Gasteiger partial charge in [0.05, 0.1) is 12.5 Å². The predicted molar refractivity (Wildman–Crippen MR) is 83.8 cm³/mol. The summed E-state index contributed by atoms with van der Waals surface area (Å²) >= 11 is 0. The van der Waals surface area contributed by atoms with Gasteiger partial charge in [0.15, 0.2) is 11.5 Å². The Morgan fingerprint density at radius 1 is 1.23 bits per heavy atom. The Bertz CT molecular complexity index is 647. The van der Waals surface area contributed by atoms with E-state index in [2.05, 4.69) is 0 Å². The van der Waals surface area contributed by atoms with Crippen molar-refractivity contribution in [1.29, 1.82) is 0 Å². The highest BCUT2D eigenvalue weighted by atomic mass is 16.5. The van der Waals surface area contributed by atoms with Crippen LogP contribution in [-0.2, 0) is 20.7 Å². The molecule has 1 amide bonds. The Kier molecular flexibility index (Phi) is 3.75. The van der Waals surface area contributed by atoms with Crippen molar-refractivity contribution in [2.45, 2.75) is 12.1 Å². The number of hydrogen-bond acceptors (Lipinski definition) is 3. The van der Waals surface area contributed by atoms with Gasteiger partial charge in [0.2, 0.25) is 5.91 Å². The van der Waals surface area contributed by atoms with E-state index < -0.39 is 5.72 Å². The quantitative estimate of drug-likeness (QED) is 0.747. The molecule has 1 unspecified atom stereocenters. The third kappa shape index (κ3) is 2.64. The number of carbonyl (C=O) groups excluding carboxylic acids is 2. The zero-order valence-electron chi connectivity index (χ0n) is 12.4. The fourth-order valence-electron chi connectivity index (χ4n) is 2.77. The highest BCUT2D eigenvalue weighted by Gasteiger charge is 2.43. The van der Waals surface area contributed by atoms with Gasteiger partial charge in [-0.25, -0.2) is 0 Å². The van der Waals surface area contributed by atoms with Gasteiger partial charge >= 0.3 is 0 Å². The Morgan fingerprint density at radius 2 is 1.86 bits per heavy atom. The summed E-state index contributed by atoms with van der Waals surface area (Å²) in [5, 5.41) is 0. The minimum absolute atomic E-state index is 0.00623. The summed E-state index contributed by atoms with van der Waals surface area (Å²) in [5.74, 6) is -0.329. The first kappa shape index (κ1) is 14.8. The number of ether oxygens (including phenoxy) is 1. The number of nitrogens with zero attached hydrogens (tertiary/aromatic N) is 1. The summed E-state index contributed by atoms with van der Waals surface area (Å²) in [5.41, 5.74) is 0.821. The summed E-state index contributed by atoms with van der Waals surface area (Å²) in [7, 11) is 7.37. The molecule has 110 valence electrons. The standard InChI is InChI=1S/C17H16BNO3/c1-19-16(21)13(10-12-2-4-14(18)5-3-12)11-22-17(19)8-6-15(20)7-9-17/h2-9,13H,10-11H2,1H3. The monoisotopic (exact) mass is 293 g/mol. The van der Waals surface area contributed by atoms with Gasteiger partial charge in [-0.3, -0.25) is 9.59 Å². The lowest BCUT2D eigenvalue weighted by atomic mass is 9.91. The van der Waals surface area contributed by atoms with E-state index in [1.54, 1.807) is 24.1 Å².